The molecule has 0 radical (unpaired) electrons. The molecule has 3 aliphatic rings. The van der Waals surface area contributed by atoms with Crippen molar-refractivity contribution in [3.05, 3.63) is 71.0 Å². The van der Waals surface area contributed by atoms with Gasteiger partial charge < -0.3 is 36.1 Å². The van der Waals surface area contributed by atoms with E-state index in [2.05, 4.69) is 22.9 Å². The summed E-state index contributed by atoms with van der Waals surface area (Å²) in [4.78, 5) is 52.3. The minimum Gasteiger partial charge on any atom is -0.445 e. The predicted octanol–water partition coefficient (Wildman–Crippen LogP) is 4.66. The van der Waals surface area contributed by atoms with Crippen LogP contribution in [-0.4, -0.2) is 59.2 Å². The number of amides is 4. The van der Waals surface area contributed by atoms with Crippen LogP contribution in [0.15, 0.2) is 48.5 Å². The lowest BCUT2D eigenvalue weighted by atomic mass is 9.59. The Bertz CT molecular complexity index is 1470. The second kappa shape index (κ2) is 15.4. The van der Waals surface area contributed by atoms with Gasteiger partial charge in [0.15, 0.2) is 0 Å². The maximum absolute atomic E-state index is 13.7. The molecule has 2 aromatic carbocycles. The van der Waals surface area contributed by atoms with Crippen LogP contribution in [0.1, 0.15) is 81.9 Å². The minimum atomic E-state index is -0.919. The van der Waals surface area contributed by atoms with Crippen molar-refractivity contribution >= 4 is 24.0 Å². The predicted molar refractivity (Wildman–Crippen MR) is 177 cm³/mol. The van der Waals surface area contributed by atoms with Gasteiger partial charge in [-0.25, -0.2) is 14.0 Å². The zero-order valence-corrected chi connectivity index (χ0v) is 27.9. The van der Waals surface area contributed by atoms with Crippen molar-refractivity contribution in [2.45, 2.75) is 102 Å². The summed E-state index contributed by atoms with van der Waals surface area (Å²) in [6.07, 6.45) is 4.10. The van der Waals surface area contributed by atoms with Gasteiger partial charge in [-0.05, 0) is 92.5 Å². The molecule has 48 heavy (non-hydrogen) atoms. The van der Waals surface area contributed by atoms with Crippen LogP contribution in [0.4, 0.5) is 14.0 Å². The molecule has 2 aliphatic carbocycles. The molecule has 1 heterocycles. The van der Waals surface area contributed by atoms with Gasteiger partial charge in [0.05, 0.1) is 6.54 Å². The molecule has 2 aromatic rings. The van der Waals surface area contributed by atoms with Gasteiger partial charge in [-0.1, -0.05) is 43.3 Å². The second-order valence-electron chi connectivity index (χ2n) is 14.2. The Hall–Kier alpha value is -4.19. The van der Waals surface area contributed by atoms with Crippen LogP contribution in [0.3, 0.4) is 0 Å². The number of nitrogens with zero attached hydrogens (tertiary/aromatic N) is 1. The van der Waals surface area contributed by atoms with Crippen LogP contribution in [-0.2, 0) is 38.8 Å². The Kier molecular flexibility index (Phi) is 11.2. The molecule has 11 nitrogen and oxygen atoms in total. The zero-order chi connectivity index (χ0) is 34.3. The van der Waals surface area contributed by atoms with Gasteiger partial charge in [-0.3, -0.25) is 9.59 Å². The first-order chi connectivity index (χ1) is 22.9. The Morgan fingerprint density at radius 3 is 2.56 bits per heavy atom. The molecule has 0 spiro atoms. The highest BCUT2D eigenvalue weighted by Gasteiger charge is 2.51. The van der Waals surface area contributed by atoms with Crippen LogP contribution in [0.2, 0.25) is 0 Å². The van der Waals surface area contributed by atoms with Gasteiger partial charge in [0, 0.05) is 31.6 Å². The number of hydrogen-bond acceptors (Lipinski definition) is 7. The van der Waals surface area contributed by atoms with Crippen molar-refractivity contribution in [2.24, 2.45) is 17.6 Å². The average Bonchev–Trinajstić information content (AvgIpc) is 3.45. The van der Waals surface area contributed by atoms with E-state index < -0.39 is 29.7 Å². The molecule has 4 amide bonds. The molecule has 2 fully saturated rings. The lowest BCUT2D eigenvalue weighted by Crippen LogP contribution is -2.61. The Balaban J connectivity index is 1.08. The largest absolute Gasteiger partial charge is 0.445 e. The summed E-state index contributed by atoms with van der Waals surface area (Å²) in [5.74, 6) is -0.263. The fraction of sp³-hybridized carbons (Fsp3) is 0.556. The minimum absolute atomic E-state index is 0.0507. The number of rotatable bonds is 13. The third kappa shape index (κ3) is 9.46. The number of fused-ring (bicyclic) bond motifs is 3. The number of hydrogen-bond donors (Lipinski definition) is 4. The molecule has 5 N–H and O–H groups in total. The maximum atomic E-state index is 13.7. The summed E-state index contributed by atoms with van der Waals surface area (Å²) in [6, 6.07) is 13.1. The molecule has 2 saturated carbocycles. The van der Waals surface area contributed by atoms with Crippen LogP contribution in [0.5, 0.6) is 0 Å². The third-order valence-electron chi connectivity index (χ3n) is 9.82. The van der Waals surface area contributed by atoms with E-state index in [9.17, 15) is 23.6 Å². The van der Waals surface area contributed by atoms with Gasteiger partial charge in [0.2, 0.25) is 11.8 Å². The number of nitrogens with two attached hydrogens (primary N) is 1. The van der Waals surface area contributed by atoms with Crippen molar-refractivity contribution in [3.8, 4) is 0 Å². The van der Waals surface area contributed by atoms with Crippen molar-refractivity contribution in [2.75, 3.05) is 13.1 Å². The molecule has 0 aromatic heterocycles. The summed E-state index contributed by atoms with van der Waals surface area (Å²) in [7, 11) is 0. The standard InChI is InChI=1S/C36H48FN5O6/c1-24-14-26-17-35(2,23-36(16-24,18-26)40-19-31(43)42-20-27-11-12-29(37)15-28(27)21-42)48-34(46)41-30(32(38)44)10-6-7-13-39-33(45)47-22-25-8-4-3-5-9-25/h3-5,8-9,11-12,15,24,26,30,40H,6-7,10,13-14,16-23H2,1-2H3,(H2,38,44)(H,39,45)(H,41,46). The molecule has 2 bridgehead atoms. The summed E-state index contributed by atoms with van der Waals surface area (Å²) in [5, 5.41) is 8.92. The van der Waals surface area contributed by atoms with E-state index in [0.29, 0.717) is 63.6 Å². The van der Waals surface area contributed by atoms with E-state index in [-0.39, 0.29) is 30.4 Å². The first-order valence-electron chi connectivity index (χ1n) is 16.9. The second-order valence-corrected chi connectivity index (χ2v) is 14.2. The fourth-order valence-corrected chi connectivity index (χ4v) is 8.06. The molecular formula is C36H48FN5O6. The molecule has 260 valence electrons. The zero-order valence-electron chi connectivity index (χ0n) is 27.9. The van der Waals surface area contributed by atoms with Gasteiger partial charge in [0.25, 0.3) is 0 Å². The fourth-order valence-electron chi connectivity index (χ4n) is 8.06. The van der Waals surface area contributed by atoms with E-state index >= 15 is 0 Å². The van der Waals surface area contributed by atoms with Gasteiger partial charge in [-0.2, -0.15) is 0 Å². The number of primary amides is 1. The number of ether oxygens (including phenoxy) is 2. The third-order valence-corrected chi connectivity index (χ3v) is 9.82. The monoisotopic (exact) mass is 665 g/mol. The molecule has 5 rings (SSSR count). The lowest BCUT2D eigenvalue weighted by Gasteiger charge is -2.54. The molecule has 0 saturated heterocycles. The molecular weight excluding hydrogens is 617 g/mol. The first kappa shape index (κ1) is 35.1. The number of carbonyl (C=O) groups excluding carboxylic acids is 4. The highest BCUT2D eigenvalue weighted by Crippen LogP contribution is 2.50. The summed E-state index contributed by atoms with van der Waals surface area (Å²) < 4.78 is 24.9. The quantitative estimate of drug-likeness (QED) is 0.227. The Labute approximate surface area is 281 Å². The molecule has 12 heteroatoms. The van der Waals surface area contributed by atoms with Crippen molar-refractivity contribution in [1.29, 1.82) is 0 Å². The van der Waals surface area contributed by atoms with Gasteiger partial charge in [-0.15, -0.1) is 0 Å². The number of nitrogens with one attached hydrogen (secondary N) is 3. The SMILES string of the molecule is CC1CC2CC(NCC(=O)N3Cc4ccc(F)cc4C3)(C1)CC(C)(OC(=O)NC(CCCCNC(=O)OCc1ccccc1)C(N)=O)C2. The molecule has 1 aliphatic heterocycles. The number of alkyl carbamates (subject to hydrolysis) is 2. The van der Waals surface area contributed by atoms with E-state index in [4.69, 9.17) is 15.2 Å². The lowest BCUT2D eigenvalue weighted by molar-refractivity contribution is -0.132. The highest BCUT2D eigenvalue weighted by atomic mass is 19.1. The highest BCUT2D eigenvalue weighted by molar-refractivity contribution is 5.84. The maximum Gasteiger partial charge on any atom is 0.408 e. The van der Waals surface area contributed by atoms with Crippen LogP contribution < -0.4 is 21.7 Å². The van der Waals surface area contributed by atoms with Crippen LogP contribution in [0.25, 0.3) is 0 Å². The van der Waals surface area contributed by atoms with Gasteiger partial charge in [0.1, 0.15) is 24.1 Å². The van der Waals surface area contributed by atoms with E-state index in [1.165, 1.54) is 12.1 Å². The normalized spacial score (nSPS) is 25.0. The van der Waals surface area contributed by atoms with Crippen LogP contribution in [0, 0.1) is 17.7 Å². The number of benzene rings is 2. The van der Waals surface area contributed by atoms with E-state index in [1.54, 1.807) is 11.0 Å². The van der Waals surface area contributed by atoms with Crippen molar-refractivity contribution < 1.29 is 33.0 Å². The van der Waals surface area contributed by atoms with Gasteiger partial charge >= 0.3 is 12.2 Å². The van der Waals surface area contributed by atoms with E-state index in [0.717, 1.165) is 36.0 Å². The number of unbranched alkanes of at least 4 members (excludes halogenated alkanes) is 1. The van der Waals surface area contributed by atoms with Crippen molar-refractivity contribution in [3.63, 3.8) is 0 Å². The summed E-state index contributed by atoms with van der Waals surface area (Å²) in [5.41, 5.74) is 7.10. The molecule has 5 unspecified atom stereocenters. The molecule has 5 atom stereocenters. The van der Waals surface area contributed by atoms with E-state index in [1.807, 2.05) is 37.3 Å². The number of halogens is 1. The Morgan fingerprint density at radius 2 is 1.79 bits per heavy atom. The first-order valence-corrected chi connectivity index (χ1v) is 16.9. The number of carbonyl (C=O) groups is 4. The summed E-state index contributed by atoms with van der Waals surface area (Å²) in [6.45, 7) is 5.65. The van der Waals surface area contributed by atoms with Crippen LogP contribution >= 0.6 is 0 Å². The topological polar surface area (TPSA) is 152 Å². The van der Waals surface area contributed by atoms with Crippen molar-refractivity contribution in [1.82, 2.24) is 20.9 Å². The smallest absolute Gasteiger partial charge is 0.408 e. The summed E-state index contributed by atoms with van der Waals surface area (Å²) >= 11 is 0. The average molecular weight is 666 g/mol. The Morgan fingerprint density at radius 1 is 1.02 bits per heavy atom.